The number of ether oxygens (including phenoxy) is 1. The number of allylic oxidation sites excluding steroid dienone is 2. The molecule has 2 N–H and O–H groups in total. The highest BCUT2D eigenvalue weighted by molar-refractivity contribution is 5.98. The van der Waals surface area contributed by atoms with Gasteiger partial charge in [0.2, 0.25) is 5.88 Å². The van der Waals surface area contributed by atoms with Gasteiger partial charge in [-0.2, -0.15) is 33.7 Å². The van der Waals surface area contributed by atoms with Crippen molar-refractivity contribution in [3.05, 3.63) is 77.7 Å². The molecule has 1 aliphatic rings. The van der Waals surface area contributed by atoms with Gasteiger partial charge in [0.05, 0.1) is 49.1 Å². The Labute approximate surface area is 206 Å². The number of methoxy groups -OCH3 is 1. The monoisotopic (exact) mass is 507 g/mol. The van der Waals surface area contributed by atoms with Crippen LogP contribution in [0.1, 0.15) is 16.1 Å². The molecule has 5 rings (SSSR count). The molecule has 4 aromatic rings. The predicted octanol–water partition coefficient (Wildman–Crippen LogP) is 2.65. The maximum atomic E-state index is 14.3. The lowest BCUT2D eigenvalue weighted by molar-refractivity contribution is -0.143. The molecule has 0 bridgehead atoms. The minimum absolute atomic E-state index is 0.0133. The number of nitrogens with zero attached hydrogens (tertiary/aromatic N) is 7. The molecule has 0 unspecified atom stereocenters. The van der Waals surface area contributed by atoms with Crippen LogP contribution < -0.4 is 15.4 Å². The van der Waals surface area contributed by atoms with Crippen molar-refractivity contribution in [3.8, 4) is 17.6 Å². The fraction of sp³-hybridized carbons (Fsp3) is 0.130. The fourth-order valence-electron chi connectivity index (χ4n) is 3.94. The Morgan fingerprint density at radius 1 is 1.16 bits per heavy atom. The van der Waals surface area contributed by atoms with Gasteiger partial charge in [0.1, 0.15) is 6.07 Å². The van der Waals surface area contributed by atoms with Crippen LogP contribution in [0.15, 0.2) is 66.4 Å². The molecular formula is C23H16F3N9O2. The zero-order chi connectivity index (χ0) is 26.2. The number of aromatic nitrogens is 6. The molecule has 186 valence electrons. The summed E-state index contributed by atoms with van der Waals surface area (Å²) in [5.74, 6) is -0.528. The van der Waals surface area contributed by atoms with Crippen molar-refractivity contribution >= 4 is 22.5 Å². The van der Waals surface area contributed by atoms with Crippen LogP contribution in [0.25, 0.3) is 22.3 Å². The molecule has 0 radical (unpaired) electrons. The Kier molecular flexibility index (Phi) is 5.80. The van der Waals surface area contributed by atoms with E-state index < -0.39 is 23.3 Å². The minimum atomic E-state index is -4.92. The molecule has 4 heterocycles. The number of halogens is 3. The lowest BCUT2D eigenvalue weighted by Gasteiger charge is -2.19. The number of rotatable bonds is 5. The van der Waals surface area contributed by atoms with Gasteiger partial charge in [0.25, 0.3) is 5.91 Å². The van der Waals surface area contributed by atoms with Crippen LogP contribution in [0.5, 0.6) is 5.88 Å². The van der Waals surface area contributed by atoms with Gasteiger partial charge in [-0.25, -0.2) is 9.67 Å². The van der Waals surface area contributed by atoms with Gasteiger partial charge in [-0.1, -0.05) is 6.07 Å². The van der Waals surface area contributed by atoms with Gasteiger partial charge in [-0.05, 0) is 24.3 Å². The Hall–Kier alpha value is -5.19. The third-order valence-electron chi connectivity index (χ3n) is 5.48. The van der Waals surface area contributed by atoms with Gasteiger partial charge in [0, 0.05) is 22.7 Å². The van der Waals surface area contributed by atoms with E-state index in [9.17, 15) is 23.2 Å². The lowest BCUT2D eigenvalue weighted by atomic mass is 10.1. The molecule has 1 aromatic carbocycles. The molecule has 0 atom stereocenters. The molecular weight excluding hydrogens is 491 g/mol. The number of benzene rings is 1. The molecule has 0 aliphatic carbocycles. The third kappa shape index (κ3) is 4.22. The van der Waals surface area contributed by atoms with Crippen LogP contribution in [-0.2, 0) is 6.18 Å². The number of hydrogen-bond donors (Lipinski definition) is 2. The van der Waals surface area contributed by atoms with Crippen molar-refractivity contribution in [3.63, 3.8) is 0 Å². The summed E-state index contributed by atoms with van der Waals surface area (Å²) in [6, 6.07) is 8.14. The Morgan fingerprint density at radius 3 is 2.65 bits per heavy atom. The predicted molar refractivity (Wildman–Crippen MR) is 123 cm³/mol. The second-order valence-corrected chi connectivity index (χ2v) is 7.68. The second-order valence-electron chi connectivity index (χ2n) is 7.68. The van der Waals surface area contributed by atoms with Crippen LogP contribution in [0, 0.1) is 11.3 Å². The summed E-state index contributed by atoms with van der Waals surface area (Å²) in [7, 11) is 1.40. The first kappa shape index (κ1) is 23.5. The Bertz CT molecular complexity index is 1610. The van der Waals surface area contributed by atoms with Crippen LogP contribution in [0.3, 0.4) is 0 Å². The summed E-state index contributed by atoms with van der Waals surface area (Å²) in [6.45, 7) is 0.0133. The normalized spacial score (nSPS) is 13.6. The second kappa shape index (κ2) is 9.11. The maximum Gasteiger partial charge on any atom is 0.434 e. The largest absolute Gasteiger partial charge is 0.481 e. The number of dihydropyridines is 1. The third-order valence-corrected chi connectivity index (χ3v) is 5.48. The number of nitrogens with one attached hydrogen (secondary N) is 2. The summed E-state index contributed by atoms with van der Waals surface area (Å²) < 4.78 is 48.7. The minimum Gasteiger partial charge on any atom is -0.481 e. The number of amides is 1. The first-order valence-electron chi connectivity index (χ1n) is 10.7. The highest BCUT2D eigenvalue weighted by Gasteiger charge is 2.41. The number of fused-ring (bicyclic) bond motifs is 1. The zero-order valence-corrected chi connectivity index (χ0v) is 19.0. The smallest absolute Gasteiger partial charge is 0.434 e. The Morgan fingerprint density at radius 2 is 1.95 bits per heavy atom. The van der Waals surface area contributed by atoms with Gasteiger partial charge in [0.15, 0.2) is 11.5 Å². The summed E-state index contributed by atoms with van der Waals surface area (Å²) in [5.41, 5.74) is -1.58. The standard InChI is InChI=1S/C23H16F3N9O2/c1-37-22-16-3-2-4-18(15(16)5-6-28-22)34-19(23(24,25)26)17(12-32-34)21(36)33-14-9-13(10-27)20(29-11-14)35-30-7-8-31-35/h2-9,12,29H,11H2,1H3,(H,33,36). The van der Waals surface area contributed by atoms with Gasteiger partial charge >= 0.3 is 6.18 Å². The molecule has 14 heteroatoms. The van der Waals surface area contributed by atoms with Crippen molar-refractivity contribution in [1.82, 2.24) is 40.4 Å². The number of nitriles is 1. The van der Waals surface area contributed by atoms with Crippen molar-refractivity contribution in [2.45, 2.75) is 6.18 Å². The van der Waals surface area contributed by atoms with E-state index >= 15 is 0 Å². The average Bonchev–Trinajstić information content (AvgIpc) is 3.58. The fourth-order valence-corrected chi connectivity index (χ4v) is 3.94. The first-order chi connectivity index (χ1) is 17.8. The van der Waals surface area contributed by atoms with Crippen molar-refractivity contribution in [1.29, 1.82) is 5.26 Å². The molecule has 3 aromatic heterocycles. The summed E-state index contributed by atoms with van der Waals surface area (Å²) in [6.07, 6.45) is 1.53. The van der Waals surface area contributed by atoms with Crippen LogP contribution >= 0.6 is 0 Å². The van der Waals surface area contributed by atoms with Crippen molar-refractivity contribution in [2.24, 2.45) is 0 Å². The van der Waals surface area contributed by atoms with Crippen LogP contribution in [0.4, 0.5) is 13.2 Å². The van der Waals surface area contributed by atoms with Gasteiger partial charge in [-0.3, -0.25) is 4.79 Å². The van der Waals surface area contributed by atoms with E-state index in [1.165, 1.54) is 48.7 Å². The summed E-state index contributed by atoms with van der Waals surface area (Å²) in [5, 5.41) is 27.5. The average molecular weight is 507 g/mol. The maximum absolute atomic E-state index is 14.3. The molecule has 1 aliphatic heterocycles. The number of hydrogen-bond acceptors (Lipinski definition) is 8. The summed E-state index contributed by atoms with van der Waals surface area (Å²) >= 11 is 0. The molecule has 0 saturated carbocycles. The van der Waals surface area contributed by atoms with Crippen LogP contribution in [0.2, 0.25) is 0 Å². The van der Waals surface area contributed by atoms with E-state index in [4.69, 9.17) is 4.74 Å². The molecule has 11 nitrogen and oxygen atoms in total. The highest BCUT2D eigenvalue weighted by atomic mass is 19.4. The Balaban J connectivity index is 1.54. The van der Waals surface area contributed by atoms with Crippen molar-refractivity contribution < 1.29 is 22.7 Å². The quantitative estimate of drug-likeness (QED) is 0.421. The zero-order valence-electron chi connectivity index (χ0n) is 19.0. The first-order valence-corrected chi connectivity index (χ1v) is 10.7. The number of pyridine rings is 1. The van der Waals surface area contributed by atoms with E-state index in [1.807, 2.05) is 6.07 Å². The van der Waals surface area contributed by atoms with Crippen LogP contribution in [-0.4, -0.2) is 49.3 Å². The van der Waals surface area contributed by atoms with E-state index in [-0.39, 0.29) is 35.2 Å². The molecule has 0 saturated heterocycles. The highest BCUT2D eigenvalue weighted by Crippen LogP contribution is 2.36. The van der Waals surface area contributed by atoms with E-state index in [2.05, 4.69) is 30.9 Å². The molecule has 37 heavy (non-hydrogen) atoms. The van der Waals surface area contributed by atoms with Gasteiger partial charge in [-0.15, -0.1) is 4.80 Å². The molecule has 0 spiro atoms. The van der Waals surface area contributed by atoms with E-state index in [0.29, 0.717) is 15.5 Å². The van der Waals surface area contributed by atoms with Crippen molar-refractivity contribution in [2.75, 3.05) is 13.7 Å². The summed E-state index contributed by atoms with van der Waals surface area (Å²) in [4.78, 5) is 18.3. The lowest BCUT2D eigenvalue weighted by Crippen LogP contribution is -2.34. The number of alkyl halides is 3. The SMILES string of the molecule is COc1nccc2c(-n3ncc(C(=O)NC4=CC(C#N)=C(n5nccn5)NC4)c3C(F)(F)F)cccc12. The van der Waals surface area contributed by atoms with Gasteiger partial charge < -0.3 is 15.4 Å². The topological polar surface area (TPSA) is 136 Å². The van der Waals surface area contributed by atoms with E-state index in [0.717, 1.165) is 6.20 Å². The number of carbonyl (C=O) groups excluding carboxylic acids is 1. The molecule has 0 fully saturated rings. The number of carbonyl (C=O) groups is 1. The van der Waals surface area contributed by atoms with E-state index in [1.54, 1.807) is 12.1 Å². The molecule has 1 amide bonds.